The standard InChI is InChI=1S/C20H27N3O7/c1-5-9-13-16(19(24)30-8-4)17(22-20(25)21-13)12-10-14(23(26)27)18(29-7-3)15(11-12)28-6-2/h10-11,17H,5-9H2,1-4H3,(H2,21,22,25). The summed E-state index contributed by atoms with van der Waals surface area (Å²) in [5.41, 5.74) is 0.643. The van der Waals surface area contributed by atoms with Crippen molar-refractivity contribution in [2.75, 3.05) is 19.8 Å². The molecule has 0 spiro atoms. The molecule has 0 bridgehead atoms. The fourth-order valence-corrected chi connectivity index (χ4v) is 3.23. The Labute approximate surface area is 174 Å². The van der Waals surface area contributed by atoms with Crippen molar-refractivity contribution in [2.24, 2.45) is 0 Å². The van der Waals surface area contributed by atoms with Crippen molar-refractivity contribution in [3.63, 3.8) is 0 Å². The van der Waals surface area contributed by atoms with Crippen molar-refractivity contribution in [1.82, 2.24) is 10.6 Å². The summed E-state index contributed by atoms with van der Waals surface area (Å²) in [5.74, 6) is -0.437. The highest BCUT2D eigenvalue weighted by Crippen LogP contribution is 2.42. The molecule has 30 heavy (non-hydrogen) atoms. The van der Waals surface area contributed by atoms with Gasteiger partial charge in [0.15, 0.2) is 5.75 Å². The van der Waals surface area contributed by atoms with E-state index in [4.69, 9.17) is 14.2 Å². The van der Waals surface area contributed by atoms with Crippen molar-refractivity contribution in [1.29, 1.82) is 0 Å². The predicted octanol–water partition coefficient (Wildman–Crippen LogP) is 3.36. The number of hydrogen-bond acceptors (Lipinski definition) is 7. The van der Waals surface area contributed by atoms with Gasteiger partial charge in [0.2, 0.25) is 5.75 Å². The Balaban J connectivity index is 2.70. The summed E-state index contributed by atoms with van der Waals surface area (Å²) in [7, 11) is 0. The van der Waals surface area contributed by atoms with Crippen LogP contribution in [0, 0.1) is 10.1 Å². The summed E-state index contributed by atoms with van der Waals surface area (Å²) >= 11 is 0. The Morgan fingerprint density at radius 1 is 1.13 bits per heavy atom. The molecular formula is C20H27N3O7. The molecule has 164 valence electrons. The molecule has 2 rings (SSSR count). The normalized spacial score (nSPS) is 15.9. The SMILES string of the molecule is CCCC1=C(C(=O)OCC)C(c2cc(OCC)c(OCC)c([N+](=O)[O-])c2)NC(=O)N1. The van der Waals surface area contributed by atoms with Crippen LogP contribution in [0.25, 0.3) is 0 Å². The number of hydrogen-bond donors (Lipinski definition) is 2. The minimum absolute atomic E-state index is 0.00352. The van der Waals surface area contributed by atoms with E-state index in [1.165, 1.54) is 6.07 Å². The number of allylic oxidation sites excluding steroid dienone is 1. The number of esters is 1. The Morgan fingerprint density at radius 2 is 1.83 bits per heavy atom. The highest BCUT2D eigenvalue weighted by atomic mass is 16.6. The zero-order chi connectivity index (χ0) is 22.3. The molecule has 1 aromatic rings. The molecule has 10 nitrogen and oxygen atoms in total. The molecule has 10 heteroatoms. The van der Waals surface area contributed by atoms with Gasteiger partial charge in [0, 0.05) is 11.8 Å². The molecule has 1 aromatic carbocycles. The highest BCUT2D eigenvalue weighted by molar-refractivity contribution is 5.95. The van der Waals surface area contributed by atoms with E-state index >= 15 is 0 Å². The van der Waals surface area contributed by atoms with Gasteiger partial charge < -0.3 is 24.8 Å². The lowest BCUT2D eigenvalue weighted by Gasteiger charge is -2.29. The molecule has 0 aromatic heterocycles. The predicted molar refractivity (Wildman–Crippen MR) is 108 cm³/mol. The van der Waals surface area contributed by atoms with Gasteiger partial charge in [-0.1, -0.05) is 13.3 Å². The van der Waals surface area contributed by atoms with Crippen molar-refractivity contribution < 1.29 is 28.7 Å². The van der Waals surface area contributed by atoms with Crippen molar-refractivity contribution in [2.45, 2.75) is 46.6 Å². The second kappa shape index (κ2) is 10.5. The summed E-state index contributed by atoms with van der Waals surface area (Å²) in [6, 6.07) is 1.38. The van der Waals surface area contributed by atoms with E-state index in [-0.39, 0.29) is 42.6 Å². The van der Waals surface area contributed by atoms with Crippen LogP contribution in [-0.4, -0.2) is 36.7 Å². The molecule has 1 atom stereocenters. The van der Waals surface area contributed by atoms with Crippen LogP contribution in [0.1, 0.15) is 52.1 Å². The second-order valence-corrected chi connectivity index (χ2v) is 6.38. The van der Waals surface area contributed by atoms with Crippen LogP contribution >= 0.6 is 0 Å². The average molecular weight is 421 g/mol. The maximum atomic E-state index is 12.7. The Hall–Kier alpha value is -3.30. The molecule has 0 saturated heterocycles. The van der Waals surface area contributed by atoms with Gasteiger partial charge in [0.1, 0.15) is 0 Å². The number of carbonyl (C=O) groups is 2. The van der Waals surface area contributed by atoms with Crippen molar-refractivity contribution in [3.05, 3.63) is 39.1 Å². The van der Waals surface area contributed by atoms with Crippen LogP contribution in [0.2, 0.25) is 0 Å². The van der Waals surface area contributed by atoms with Gasteiger partial charge >= 0.3 is 17.7 Å². The lowest BCUT2D eigenvalue weighted by atomic mass is 9.93. The second-order valence-electron chi connectivity index (χ2n) is 6.38. The number of ether oxygens (including phenoxy) is 3. The summed E-state index contributed by atoms with van der Waals surface area (Å²) in [6.45, 7) is 7.64. The molecule has 0 saturated carbocycles. The molecular weight excluding hydrogens is 394 g/mol. The number of benzene rings is 1. The molecule has 0 aliphatic carbocycles. The number of nitrogens with one attached hydrogen (secondary N) is 2. The number of carbonyl (C=O) groups excluding carboxylic acids is 2. The average Bonchev–Trinajstić information content (AvgIpc) is 2.69. The summed E-state index contributed by atoms with van der Waals surface area (Å²) in [6.07, 6.45) is 1.12. The van der Waals surface area contributed by atoms with E-state index in [0.29, 0.717) is 24.1 Å². The molecule has 1 unspecified atom stereocenters. The van der Waals surface area contributed by atoms with Crippen molar-refractivity contribution >= 4 is 17.7 Å². The summed E-state index contributed by atoms with van der Waals surface area (Å²) < 4.78 is 16.2. The van der Waals surface area contributed by atoms with Crippen LogP contribution in [-0.2, 0) is 9.53 Å². The molecule has 0 fully saturated rings. The third kappa shape index (κ3) is 5.00. The monoisotopic (exact) mass is 421 g/mol. The van der Waals surface area contributed by atoms with Crippen LogP contribution in [0.15, 0.2) is 23.4 Å². The Kier molecular flexibility index (Phi) is 8.02. The fraction of sp³-hybridized carbons (Fsp3) is 0.500. The van der Waals surface area contributed by atoms with E-state index in [1.807, 2.05) is 6.92 Å². The van der Waals surface area contributed by atoms with E-state index in [0.717, 1.165) is 0 Å². The van der Waals surface area contributed by atoms with Crippen LogP contribution in [0.4, 0.5) is 10.5 Å². The summed E-state index contributed by atoms with van der Waals surface area (Å²) in [5, 5.41) is 17.0. The minimum Gasteiger partial charge on any atom is -0.490 e. The number of nitro benzene ring substituents is 1. The van der Waals surface area contributed by atoms with Crippen LogP contribution in [0.5, 0.6) is 11.5 Å². The molecule has 0 radical (unpaired) electrons. The first-order valence-corrected chi connectivity index (χ1v) is 9.93. The molecule has 2 N–H and O–H groups in total. The lowest BCUT2D eigenvalue weighted by molar-refractivity contribution is -0.386. The maximum Gasteiger partial charge on any atom is 0.338 e. The van der Waals surface area contributed by atoms with E-state index in [9.17, 15) is 19.7 Å². The van der Waals surface area contributed by atoms with Gasteiger partial charge in [-0.05, 0) is 38.8 Å². The van der Waals surface area contributed by atoms with E-state index < -0.39 is 23.0 Å². The van der Waals surface area contributed by atoms with Gasteiger partial charge in [0.25, 0.3) is 0 Å². The third-order valence-electron chi connectivity index (χ3n) is 4.33. The Bertz CT molecular complexity index is 851. The molecule has 1 aliphatic heterocycles. The largest absolute Gasteiger partial charge is 0.490 e. The fourth-order valence-electron chi connectivity index (χ4n) is 3.23. The molecule has 1 aliphatic rings. The number of nitro groups is 1. The topological polar surface area (TPSA) is 129 Å². The summed E-state index contributed by atoms with van der Waals surface area (Å²) in [4.78, 5) is 36.1. The third-order valence-corrected chi connectivity index (χ3v) is 4.33. The van der Waals surface area contributed by atoms with Crippen LogP contribution in [0.3, 0.4) is 0 Å². The van der Waals surface area contributed by atoms with Gasteiger partial charge in [-0.2, -0.15) is 0 Å². The first-order chi connectivity index (χ1) is 14.4. The highest BCUT2D eigenvalue weighted by Gasteiger charge is 2.35. The van der Waals surface area contributed by atoms with E-state index in [2.05, 4.69) is 10.6 Å². The number of urea groups is 1. The lowest BCUT2D eigenvalue weighted by Crippen LogP contribution is -2.46. The van der Waals surface area contributed by atoms with Gasteiger partial charge in [-0.3, -0.25) is 10.1 Å². The number of amides is 2. The van der Waals surface area contributed by atoms with Crippen LogP contribution < -0.4 is 20.1 Å². The van der Waals surface area contributed by atoms with Gasteiger partial charge in [0.05, 0.1) is 36.4 Å². The zero-order valence-corrected chi connectivity index (χ0v) is 17.6. The molecule has 2 amide bonds. The van der Waals surface area contributed by atoms with Gasteiger partial charge in [-0.25, -0.2) is 9.59 Å². The zero-order valence-electron chi connectivity index (χ0n) is 17.6. The number of nitrogens with zero attached hydrogens (tertiary/aromatic N) is 1. The van der Waals surface area contributed by atoms with E-state index in [1.54, 1.807) is 26.8 Å². The Morgan fingerprint density at radius 3 is 2.40 bits per heavy atom. The first kappa shape index (κ1) is 23.0. The van der Waals surface area contributed by atoms with Crippen molar-refractivity contribution in [3.8, 4) is 11.5 Å². The van der Waals surface area contributed by atoms with Gasteiger partial charge in [-0.15, -0.1) is 0 Å². The first-order valence-electron chi connectivity index (χ1n) is 9.93. The minimum atomic E-state index is -0.937. The quantitative estimate of drug-likeness (QED) is 0.337. The number of rotatable bonds is 10. The smallest absolute Gasteiger partial charge is 0.338 e. The molecule has 1 heterocycles. The maximum absolute atomic E-state index is 12.7.